The van der Waals surface area contributed by atoms with E-state index in [9.17, 15) is 10.2 Å². The van der Waals surface area contributed by atoms with E-state index >= 15 is 0 Å². The third kappa shape index (κ3) is 7.59. The van der Waals surface area contributed by atoms with Gasteiger partial charge in [-0.05, 0) is 33.1 Å². The molecule has 1 aliphatic heterocycles. The number of aliphatic hydroxyl groups is 2. The van der Waals surface area contributed by atoms with Crippen molar-refractivity contribution in [2.24, 2.45) is 5.92 Å². The molecule has 2 N–H and O–H groups in total. The number of hydrogen-bond acceptors (Lipinski definition) is 5. The number of rotatable bonds is 6. The molecule has 144 valence electrons. The number of allylic oxidation sites excluding steroid dienone is 3. The van der Waals surface area contributed by atoms with Gasteiger partial charge >= 0.3 is 0 Å². The average molecular weight is 352 g/mol. The highest BCUT2D eigenvalue weighted by molar-refractivity contribution is 5.19. The zero-order valence-corrected chi connectivity index (χ0v) is 16.3. The third-order valence-electron chi connectivity index (χ3n) is 5.28. The van der Waals surface area contributed by atoms with Crippen molar-refractivity contribution in [2.75, 3.05) is 58.9 Å². The van der Waals surface area contributed by atoms with Gasteiger partial charge in [-0.15, -0.1) is 0 Å². The molecule has 5 heteroatoms. The van der Waals surface area contributed by atoms with Crippen molar-refractivity contribution in [2.45, 2.75) is 39.4 Å². The molecular formula is C20H37N3O2. The van der Waals surface area contributed by atoms with Gasteiger partial charge in [-0.25, -0.2) is 0 Å². The molecule has 5 nitrogen and oxygen atoms in total. The zero-order valence-electron chi connectivity index (χ0n) is 16.3. The fourth-order valence-corrected chi connectivity index (χ4v) is 3.79. The van der Waals surface area contributed by atoms with E-state index in [0.29, 0.717) is 5.92 Å². The summed E-state index contributed by atoms with van der Waals surface area (Å²) in [6.07, 6.45) is 7.21. The molecule has 0 aromatic carbocycles. The minimum Gasteiger partial charge on any atom is -0.392 e. The van der Waals surface area contributed by atoms with E-state index in [1.54, 1.807) is 0 Å². The Kier molecular flexibility index (Phi) is 8.59. The Hall–Kier alpha value is -0.720. The SMILES string of the molecule is CC1=CC=CCC1CN1CCN(CC(C)O)CCN(CC(C)O)CC1. The standard InChI is InChI=1S/C20H37N3O2/c1-17-6-4-5-7-20(17)16-23-12-10-21(14-18(2)24)8-9-22(11-13-23)15-19(3)25/h4-6,18-20,24-25H,7-16H2,1-3H3. The lowest BCUT2D eigenvalue weighted by Gasteiger charge is -2.30. The maximum atomic E-state index is 9.79. The molecule has 1 fully saturated rings. The van der Waals surface area contributed by atoms with Gasteiger partial charge in [0.1, 0.15) is 0 Å². The van der Waals surface area contributed by atoms with E-state index in [2.05, 4.69) is 39.9 Å². The summed E-state index contributed by atoms with van der Waals surface area (Å²) in [6.45, 7) is 14.5. The highest BCUT2D eigenvalue weighted by Crippen LogP contribution is 2.21. The van der Waals surface area contributed by atoms with Crippen LogP contribution in [0.1, 0.15) is 27.2 Å². The highest BCUT2D eigenvalue weighted by Gasteiger charge is 2.21. The predicted octanol–water partition coefficient (Wildman–Crippen LogP) is 1.19. The molecule has 1 heterocycles. The second kappa shape index (κ2) is 10.4. The van der Waals surface area contributed by atoms with Crippen LogP contribution in [-0.2, 0) is 0 Å². The van der Waals surface area contributed by atoms with Crippen molar-refractivity contribution in [3.63, 3.8) is 0 Å². The molecule has 0 spiro atoms. The summed E-state index contributed by atoms with van der Waals surface area (Å²) >= 11 is 0. The average Bonchev–Trinajstić information content (AvgIpc) is 2.62. The second-order valence-corrected chi connectivity index (χ2v) is 7.87. The van der Waals surface area contributed by atoms with Gasteiger partial charge in [0, 0.05) is 58.9 Å². The summed E-state index contributed by atoms with van der Waals surface area (Å²) in [4.78, 5) is 7.29. The fourth-order valence-electron chi connectivity index (χ4n) is 3.79. The second-order valence-electron chi connectivity index (χ2n) is 7.87. The van der Waals surface area contributed by atoms with Crippen LogP contribution in [0.15, 0.2) is 23.8 Å². The van der Waals surface area contributed by atoms with Crippen LogP contribution >= 0.6 is 0 Å². The molecule has 0 bridgehead atoms. The number of aliphatic hydroxyl groups excluding tert-OH is 2. The molecule has 3 atom stereocenters. The van der Waals surface area contributed by atoms with Gasteiger partial charge in [0.05, 0.1) is 12.2 Å². The van der Waals surface area contributed by atoms with Crippen LogP contribution in [0, 0.1) is 5.92 Å². The van der Waals surface area contributed by atoms with Crippen molar-refractivity contribution >= 4 is 0 Å². The number of β-amino-alcohol motifs (C(OH)–C–C–N with tert-alkyl or cyclic N) is 2. The summed E-state index contributed by atoms with van der Waals surface area (Å²) in [6, 6.07) is 0. The van der Waals surface area contributed by atoms with Crippen LogP contribution in [-0.4, -0.2) is 96.0 Å². The van der Waals surface area contributed by atoms with Crippen molar-refractivity contribution in [1.29, 1.82) is 0 Å². The molecule has 1 aliphatic carbocycles. The van der Waals surface area contributed by atoms with Crippen LogP contribution in [0.5, 0.6) is 0 Å². The lowest BCUT2D eigenvalue weighted by Crippen LogP contribution is -2.41. The van der Waals surface area contributed by atoms with E-state index < -0.39 is 0 Å². The van der Waals surface area contributed by atoms with E-state index in [1.807, 2.05) is 13.8 Å². The molecule has 0 aromatic rings. The fraction of sp³-hybridized carbons (Fsp3) is 0.800. The molecule has 2 aliphatic rings. The largest absolute Gasteiger partial charge is 0.392 e. The summed E-state index contributed by atoms with van der Waals surface area (Å²) < 4.78 is 0. The van der Waals surface area contributed by atoms with Gasteiger partial charge in [-0.3, -0.25) is 9.80 Å². The monoisotopic (exact) mass is 351 g/mol. The van der Waals surface area contributed by atoms with Crippen LogP contribution < -0.4 is 0 Å². The topological polar surface area (TPSA) is 50.2 Å². The summed E-state index contributed by atoms with van der Waals surface area (Å²) in [5, 5.41) is 19.6. The lowest BCUT2D eigenvalue weighted by atomic mass is 9.92. The Balaban J connectivity index is 1.98. The van der Waals surface area contributed by atoms with Crippen molar-refractivity contribution in [3.05, 3.63) is 23.8 Å². The first-order valence-electron chi connectivity index (χ1n) is 9.80. The highest BCUT2D eigenvalue weighted by atomic mass is 16.3. The quantitative estimate of drug-likeness (QED) is 0.753. The maximum absolute atomic E-state index is 9.79. The van der Waals surface area contributed by atoms with Gasteiger partial charge in [0.15, 0.2) is 0 Å². The van der Waals surface area contributed by atoms with Gasteiger partial charge in [-0.2, -0.15) is 0 Å². The molecule has 0 amide bonds. The van der Waals surface area contributed by atoms with Crippen LogP contribution in [0.2, 0.25) is 0 Å². The van der Waals surface area contributed by atoms with Gasteiger partial charge in [-0.1, -0.05) is 23.8 Å². The van der Waals surface area contributed by atoms with E-state index in [4.69, 9.17) is 0 Å². The minimum atomic E-state index is -0.298. The smallest absolute Gasteiger partial charge is 0.0639 e. The molecule has 1 saturated heterocycles. The van der Waals surface area contributed by atoms with Crippen molar-refractivity contribution in [3.8, 4) is 0 Å². The summed E-state index contributed by atoms with van der Waals surface area (Å²) in [7, 11) is 0. The number of nitrogens with zero attached hydrogens (tertiary/aromatic N) is 3. The van der Waals surface area contributed by atoms with Gasteiger partial charge < -0.3 is 15.1 Å². The van der Waals surface area contributed by atoms with E-state index in [0.717, 1.165) is 65.3 Å². The van der Waals surface area contributed by atoms with Crippen LogP contribution in [0.4, 0.5) is 0 Å². The molecule has 0 saturated carbocycles. The van der Waals surface area contributed by atoms with Crippen LogP contribution in [0.25, 0.3) is 0 Å². The molecule has 3 unspecified atom stereocenters. The Labute approximate surface area is 153 Å². The minimum absolute atomic E-state index is 0.298. The summed E-state index contributed by atoms with van der Waals surface area (Å²) in [5.41, 5.74) is 1.48. The van der Waals surface area contributed by atoms with E-state index in [-0.39, 0.29) is 12.2 Å². The van der Waals surface area contributed by atoms with Crippen LogP contribution in [0.3, 0.4) is 0 Å². The first kappa shape index (κ1) is 20.6. The lowest BCUT2D eigenvalue weighted by molar-refractivity contribution is 0.102. The Bertz CT molecular complexity index is 426. The van der Waals surface area contributed by atoms with Crippen molar-refractivity contribution in [1.82, 2.24) is 14.7 Å². The zero-order chi connectivity index (χ0) is 18.2. The van der Waals surface area contributed by atoms with Gasteiger partial charge in [0.25, 0.3) is 0 Å². The third-order valence-corrected chi connectivity index (χ3v) is 5.28. The number of hydrogen-bond donors (Lipinski definition) is 2. The maximum Gasteiger partial charge on any atom is 0.0639 e. The van der Waals surface area contributed by atoms with E-state index in [1.165, 1.54) is 5.57 Å². The molecule has 25 heavy (non-hydrogen) atoms. The Morgan fingerprint density at radius 1 is 0.920 bits per heavy atom. The predicted molar refractivity (Wildman–Crippen MR) is 104 cm³/mol. The first-order valence-corrected chi connectivity index (χ1v) is 9.80. The van der Waals surface area contributed by atoms with Gasteiger partial charge in [0.2, 0.25) is 0 Å². The molecule has 0 aromatic heterocycles. The Morgan fingerprint density at radius 2 is 1.40 bits per heavy atom. The molecule has 2 rings (SSSR count). The molecule has 0 radical (unpaired) electrons. The normalized spacial score (nSPS) is 27.2. The Morgan fingerprint density at radius 3 is 1.84 bits per heavy atom. The molecular weight excluding hydrogens is 314 g/mol. The summed E-state index contributed by atoms with van der Waals surface area (Å²) in [5.74, 6) is 0.612. The first-order chi connectivity index (χ1) is 11.9. The van der Waals surface area contributed by atoms with Crippen molar-refractivity contribution < 1.29 is 10.2 Å².